The Morgan fingerprint density at radius 1 is 1.14 bits per heavy atom. The molecule has 0 radical (unpaired) electrons. The Bertz CT molecular complexity index is 880. The number of aliphatic imine (C=N–C) groups is 1. The van der Waals surface area contributed by atoms with Gasteiger partial charge in [0, 0.05) is 11.6 Å². The van der Waals surface area contributed by atoms with Gasteiger partial charge in [-0.2, -0.15) is 0 Å². The number of nitrogens with one attached hydrogen (secondary N) is 1. The molecule has 3 rings (SSSR count). The molecule has 1 heterocycles. The van der Waals surface area contributed by atoms with Crippen LogP contribution in [0.2, 0.25) is 0 Å². The highest BCUT2D eigenvalue weighted by Crippen LogP contribution is 2.25. The first-order valence-corrected chi connectivity index (χ1v) is 6.60. The second kappa shape index (κ2) is 5.25. The topological polar surface area (TPSA) is 65.5 Å². The Morgan fingerprint density at radius 3 is 2.67 bits per heavy atom. The number of fused-ring (bicyclic) bond motifs is 1. The van der Waals surface area contributed by atoms with Crippen molar-refractivity contribution in [3.05, 3.63) is 70.0 Å². The zero-order valence-corrected chi connectivity index (χ0v) is 11.5. The highest BCUT2D eigenvalue weighted by atomic mass is 16.3. The smallest absolute Gasteiger partial charge is 0.261 e. The van der Waals surface area contributed by atoms with Crippen LogP contribution in [0.1, 0.15) is 11.1 Å². The van der Waals surface area contributed by atoms with Gasteiger partial charge in [-0.3, -0.25) is 9.79 Å². The number of rotatable bonds is 2. The number of benzene rings is 2. The van der Waals surface area contributed by atoms with Crippen molar-refractivity contribution in [2.45, 2.75) is 6.92 Å². The maximum Gasteiger partial charge on any atom is 0.261 e. The van der Waals surface area contributed by atoms with Crippen LogP contribution < -0.4 is 5.56 Å². The van der Waals surface area contributed by atoms with Gasteiger partial charge in [-0.15, -0.1) is 0 Å². The molecule has 2 aromatic carbocycles. The van der Waals surface area contributed by atoms with Gasteiger partial charge in [-0.25, -0.2) is 0 Å². The van der Waals surface area contributed by atoms with E-state index in [4.69, 9.17) is 0 Å². The number of para-hydroxylation sites is 1. The first-order valence-electron chi connectivity index (χ1n) is 6.60. The molecule has 0 aliphatic carbocycles. The van der Waals surface area contributed by atoms with Crippen molar-refractivity contribution in [3.63, 3.8) is 0 Å². The molecule has 4 heteroatoms. The van der Waals surface area contributed by atoms with Gasteiger partial charge in [-0.1, -0.05) is 29.8 Å². The highest BCUT2D eigenvalue weighted by Gasteiger charge is 2.10. The van der Waals surface area contributed by atoms with Gasteiger partial charge in [0.05, 0.1) is 11.2 Å². The average molecular weight is 278 g/mol. The molecule has 0 bridgehead atoms. The summed E-state index contributed by atoms with van der Waals surface area (Å²) < 4.78 is 0. The van der Waals surface area contributed by atoms with E-state index < -0.39 is 0 Å². The third-order valence-electron chi connectivity index (χ3n) is 3.28. The van der Waals surface area contributed by atoms with Gasteiger partial charge >= 0.3 is 0 Å². The molecule has 1 aromatic heterocycles. The number of aromatic nitrogens is 1. The summed E-state index contributed by atoms with van der Waals surface area (Å²) in [6.45, 7) is 1.93. The van der Waals surface area contributed by atoms with Crippen LogP contribution in [0.25, 0.3) is 10.9 Å². The fraction of sp³-hybridized carbons (Fsp3) is 0.0588. The molecule has 0 spiro atoms. The van der Waals surface area contributed by atoms with E-state index >= 15 is 0 Å². The quantitative estimate of drug-likeness (QED) is 0.706. The Morgan fingerprint density at radius 2 is 1.90 bits per heavy atom. The summed E-state index contributed by atoms with van der Waals surface area (Å²) in [5, 5.41) is 10.9. The SMILES string of the molecule is Cc1ccc2[nH]c(=O)c(C=Nc3ccccc3)c(O)c2c1. The molecular formula is C17H14N2O2. The van der Waals surface area contributed by atoms with Crippen LogP contribution in [-0.2, 0) is 0 Å². The molecule has 4 nitrogen and oxygen atoms in total. The standard InChI is InChI=1S/C17H14N2O2/c1-11-7-8-15-13(9-11)16(20)14(17(21)19-15)10-18-12-5-3-2-4-6-12/h2-10H,1H3,(H2,19,20,21). The maximum atomic E-state index is 12.1. The van der Waals surface area contributed by atoms with Crippen LogP contribution in [0.4, 0.5) is 5.69 Å². The Balaban J connectivity index is 2.14. The zero-order chi connectivity index (χ0) is 14.8. The number of H-pyrrole nitrogens is 1. The van der Waals surface area contributed by atoms with E-state index in [0.717, 1.165) is 11.3 Å². The van der Waals surface area contributed by atoms with Crippen LogP contribution in [0.15, 0.2) is 58.3 Å². The van der Waals surface area contributed by atoms with Gasteiger partial charge in [0.15, 0.2) is 0 Å². The second-order valence-electron chi connectivity index (χ2n) is 4.86. The number of hydrogen-bond acceptors (Lipinski definition) is 3. The van der Waals surface area contributed by atoms with Crippen LogP contribution in [-0.4, -0.2) is 16.3 Å². The predicted molar refractivity (Wildman–Crippen MR) is 84.7 cm³/mol. The molecule has 3 aromatic rings. The van der Waals surface area contributed by atoms with Crippen molar-refractivity contribution < 1.29 is 5.11 Å². The van der Waals surface area contributed by atoms with Gasteiger partial charge < -0.3 is 10.1 Å². The molecule has 2 N–H and O–H groups in total. The normalized spacial score (nSPS) is 11.3. The zero-order valence-electron chi connectivity index (χ0n) is 11.5. The Kier molecular flexibility index (Phi) is 3.28. The molecule has 0 atom stereocenters. The van der Waals surface area contributed by atoms with E-state index in [-0.39, 0.29) is 16.9 Å². The van der Waals surface area contributed by atoms with E-state index in [9.17, 15) is 9.90 Å². The Labute approximate surface area is 121 Å². The summed E-state index contributed by atoms with van der Waals surface area (Å²) in [7, 11) is 0. The summed E-state index contributed by atoms with van der Waals surface area (Å²) in [6, 6.07) is 14.8. The van der Waals surface area contributed by atoms with Gasteiger partial charge in [-0.05, 0) is 31.2 Å². The number of hydrogen-bond donors (Lipinski definition) is 2. The third-order valence-corrected chi connectivity index (χ3v) is 3.28. The lowest BCUT2D eigenvalue weighted by molar-refractivity contribution is 0.479. The van der Waals surface area contributed by atoms with Crippen LogP contribution in [0, 0.1) is 6.92 Å². The molecule has 104 valence electrons. The van der Waals surface area contributed by atoms with Gasteiger partial charge in [0.1, 0.15) is 11.3 Å². The van der Waals surface area contributed by atoms with Gasteiger partial charge in [0.2, 0.25) is 0 Å². The molecule has 0 saturated carbocycles. The van der Waals surface area contributed by atoms with E-state index in [1.807, 2.05) is 49.4 Å². The number of aromatic hydroxyl groups is 1. The molecule has 0 amide bonds. The highest BCUT2D eigenvalue weighted by molar-refractivity contribution is 5.95. The summed E-state index contributed by atoms with van der Waals surface area (Å²) in [6.07, 6.45) is 1.39. The summed E-state index contributed by atoms with van der Waals surface area (Å²) in [4.78, 5) is 19.0. The van der Waals surface area contributed by atoms with Crippen molar-refractivity contribution in [3.8, 4) is 5.75 Å². The number of aromatic amines is 1. The van der Waals surface area contributed by atoms with Crippen molar-refractivity contribution in [2.24, 2.45) is 4.99 Å². The van der Waals surface area contributed by atoms with E-state index in [1.165, 1.54) is 6.21 Å². The summed E-state index contributed by atoms with van der Waals surface area (Å²) >= 11 is 0. The average Bonchev–Trinajstić information content (AvgIpc) is 2.49. The first-order chi connectivity index (χ1) is 10.1. The monoisotopic (exact) mass is 278 g/mol. The van der Waals surface area contributed by atoms with Crippen molar-refractivity contribution in [2.75, 3.05) is 0 Å². The van der Waals surface area contributed by atoms with Crippen molar-refractivity contribution in [1.82, 2.24) is 4.98 Å². The largest absolute Gasteiger partial charge is 0.506 e. The van der Waals surface area contributed by atoms with Crippen molar-refractivity contribution >= 4 is 22.8 Å². The third kappa shape index (κ3) is 2.56. The molecule has 0 aliphatic heterocycles. The molecule has 0 fully saturated rings. The van der Waals surface area contributed by atoms with Crippen LogP contribution >= 0.6 is 0 Å². The maximum absolute atomic E-state index is 12.1. The molecule has 0 saturated heterocycles. The minimum absolute atomic E-state index is 0.0443. The fourth-order valence-corrected chi connectivity index (χ4v) is 2.18. The molecular weight excluding hydrogens is 264 g/mol. The lowest BCUT2D eigenvalue weighted by Crippen LogP contribution is -2.12. The molecule has 0 aliphatic rings. The molecule has 21 heavy (non-hydrogen) atoms. The number of aryl methyl sites for hydroxylation is 1. The fourth-order valence-electron chi connectivity index (χ4n) is 2.18. The van der Waals surface area contributed by atoms with Crippen LogP contribution in [0.3, 0.4) is 0 Å². The second-order valence-corrected chi connectivity index (χ2v) is 4.86. The predicted octanol–water partition coefficient (Wildman–Crippen LogP) is 3.29. The Hall–Kier alpha value is -2.88. The lowest BCUT2D eigenvalue weighted by atomic mass is 10.1. The van der Waals surface area contributed by atoms with Gasteiger partial charge in [0.25, 0.3) is 5.56 Å². The summed E-state index contributed by atoms with van der Waals surface area (Å²) in [5.41, 5.74) is 2.15. The number of pyridine rings is 1. The van der Waals surface area contributed by atoms with E-state index in [2.05, 4.69) is 9.98 Å². The number of nitrogens with zero attached hydrogens (tertiary/aromatic N) is 1. The first kappa shape index (κ1) is 13.1. The van der Waals surface area contributed by atoms with Crippen molar-refractivity contribution in [1.29, 1.82) is 0 Å². The minimum atomic E-state index is -0.358. The molecule has 0 unspecified atom stereocenters. The minimum Gasteiger partial charge on any atom is -0.506 e. The van der Waals surface area contributed by atoms with Crippen LogP contribution in [0.5, 0.6) is 5.75 Å². The van der Waals surface area contributed by atoms with E-state index in [0.29, 0.717) is 10.9 Å². The summed E-state index contributed by atoms with van der Waals surface area (Å²) in [5.74, 6) is -0.0443. The lowest BCUT2D eigenvalue weighted by Gasteiger charge is -2.05. The van der Waals surface area contributed by atoms with E-state index in [1.54, 1.807) is 6.07 Å².